The van der Waals surface area contributed by atoms with Crippen molar-refractivity contribution in [1.29, 1.82) is 0 Å². The first kappa shape index (κ1) is 22.7. The van der Waals surface area contributed by atoms with E-state index in [4.69, 9.17) is 14.2 Å². The third-order valence-corrected chi connectivity index (χ3v) is 6.05. The summed E-state index contributed by atoms with van der Waals surface area (Å²) in [6, 6.07) is 4.50. The lowest BCUT2D eigenvalue weighted by atomic mass is 9.91. The van der Waals surface area contributed by atoms with Crippen LogP contribution in [-0.2, 0) is 19.9 Å². The Hall–Kier alpha value is -3.50. The largest absolute Gasteiger partial charge is 0.490 e. The maximum absolute atomic E-state index is 13.2. The van der Waals surface area contributed by atoms with Crippen molar-refractivity contribution in [3.05, 3.63) is 23.8 Å². The molecule has 178 valence electrons. The summed E-state index contributed by atoms with van der Waals surface area (Å²) in [5.74, 6) is 0.235. The fourth-order valence-corrected chi connectivity index (χ4v) is 4.10. The van der Waals surface area contributed by atoms with Crippen molar-refractivity contribution in [3.63, 3.8) is 0 Å². The van der Waals surface area contributed by atoms with Gasteiger partial charge in [0.05, 0.1) is 19.8 Å². The molecule has 0 saturated carbocycles. The van der Waals surface area contributed by atoms with Crippen LogP contribution >= 0.6 is 0 Å². The zero-order valence-corrected chi connectivity index (χ0v) is 18.8. The zero-order chi connectivity index (χ0) is 23.6. The predicted molar refractivity (Wildman–Crippen MR) is 115 cm³/mol. The second kappa shape index (κ2) is 9.16. The number of fused-ring (bicyclic) bond motifs is 1. The molecule has 11 heteroatoms. The second-order valence-corrected chi connectivity index (χ2v) is 8.23. The number of nitrogens with zero attached hydrogens (tertiary/aromatic N) is 3. The summed E-state index contributed by atoms with van der Waals surface area (Å²) in [6.07, 6.45) is 0.338. The van der Waals surface area contributed by atoms with Gasteiger partial charge >= 0.3 is 12.1 Å². The van der Waals surface area contributed by atoms with Gasteiger partial charge in [0.15, 0.2) is 11.5 Å². The molecule has 3 aliphatic rings. The number of urea groups is 1. The van der Waals surface area contributed by atoms with Crippen LogP contribution in [0.25, 0.3) is 0 Å². The zero-order valence-electron chi connectivity index (χ0n) is 18.8. The molecular formula is C22H28N4O7. The van der Waals surface area contributed by atoms with Crippen LogP contribution in [0.4, 0.5) is 9.59 Å². The molecule has 2 fully saturated rings. The van der Waals surface area contributed by atoms with Gasteiger partial charge in [-0.25, -0.2) is 9.59 Å². The average molecular weight is 460 g/mol. The smallest absolute Gasteiger partial charge is 0.409 e. The molecule has 0 spiro atoms. The van der Waals surface area contributed by atoms with Gasteiger partial charge < -0.3 is 29.3 Å². The van der Waals surface area contributed by atoms with Gasteiger partial charge in [-0.2, -0.15) is 0 Å². The van der Waals surface area contributed by atoms with E-state index < -0.39 is 23.6 Å². The lowest BCUT2D eigenvalue weighted by Gasteiger charge is -2.34. The minimum absolute atomic E-state index is 0.284. The summed E-state index contributed by atoms with van der Waals surface area (Å²) >= 11 is 0. The highest BCUT2D eigenvalue weighted by molar-refractivity contribution is 6.09. The molecule has 1 aromatic carbocycles. The first-order valence-corrected chi connectivity index (χ1v) is 11.1. The summed E-state index contributed by atoms with van der Waals surface area (Å²) in [6.45, 7) is 5.57. The summed E-state index contributed by atoms with van der Waals surface area (Å²) < 4.78 is 16.3. The Labute approximate surface area is 191 Å². The number of hydrogen-bond acceptors (Lipinski definition) is 7. The number of hydrogen-bond donors (Lipinski definition) is 1. The van der Waals surface area contributed by atoms with E-state index in [-0.39, 0.29) is 19.1 Å². The molecule has 33 heavy (non-hydrogen) atoms. The van der Waals surface area contributed by atoms with Crippen LogP contribution in [0.1, 0.15) is 25.8 Å². The summed E-state index contributed by atoms with van der Waals surface area (Å²) in [4.78, 5) is 54.5. The van der Waals surface area contributed by atoms with Gasteiger partial charge in [0.2, 0.25) is 5.91 Å². The van der Waals surface area contributed by atoms with Gasteiger partial charge in [-0.3, -0.25) is 14.5 Å². The fourth-order valence-electron chi connectivity index (χ4n) is 4.10. The van der Waals surface area contributed by atoms with Crippen molar-refractivity contribution >= 4 is 23.9 Å². The van der Waals surface area contributed by atoms with Gasteiger partial charge in [-0.15, -0.1) is 0 Å². The molecule has 1 atom stereocenters. The Morgan fingerprint density at radius 2 is 1.73 bits per heavy atom. The minimum Gasteiger partial charge on any atom is -0.490 e. The molecule has 1 unspecified atom stereocenters. The fraction of sp³-hybridized carbons (Fsp3) is 0.545. The second-order valence-electron chi connectivity index (χ2n) is 8.23. The van der Waals surface area contributed by atoms with Crippen molar-refractivity contribution < 1.29 is 33.4 Å². The molecule has 0 radical (unpaired) electrons. The van der Waals surface area contributed by atoms with Crippen molar-refractivity contribution in [3.8, 4) is 11.5 Å². The number of nitrogens with one attached hydrogen (secondary N) is 1. The standard InChI is InChI=1S/C22H28N4O7/c1-3-31-21(30)25-9-7-24(8-10-25)18(27)14-26-19(28)22(2,23-20(26)29)15-5-6-16-17(13-15)33-12-4-11-32-16/h5-6,13H,3-4,7-12,14H2,1-2H3,(H,23,29). The molecule has 2 saturated heterocycles. The van der Waals surface area contributed by atoms with Gasteiger partial charge in [0, 0.05) is 32.6 Å². The number of ether oxygens (including phenoxy) is 3. The SMILES string of the molecule is CCOC(=O)N1CCN(C(=O)CN2C(=O)NC(C)(c3ccc4c(c3)OCCCO4)C2=O)CC1. The van der Waals surface area contributed by atoms with Crippen LogP contribution in [-0.4, -0.2) is 91.2 Å². The van der Waals surface area contributed by atoms with Crippen LogP contribution < -0.4 is 14.8 Å². The molecule has 1 N–H and O–H groups in total. The Morgan fingerprint density at radius 1 is 1.06 bits per heavy atom. The van der Waals surface area contributed by atoms with Gasteiger partial charge in [-0.05, 0) is 31.5 Å². The molecule has 0 aliphatic carbocycles. The van der Waals surface area contributed by atoms with E-state index in [9.17, 15) is 19.2 Å². The molecule has 0 aromatic heterocycles. The lowest BCUT2D eigenvalue weighted by molar-refractivity contribution is -0.139. The molecular weight excluding hydrogens is 432 g/mol. The Kier molecular flexibility index (Phi) is 6.30. The van der Waals surface area contributed by atoms with Gasteiger partial charge in [0.25, 0.3) is 5.91 Å². The third kappa shape index (κ3) is 4.39. The summed E-state index contributed by atoms with van der Waals surface area (Å²) in [5.41, 5.74) is -0.784. The Morgan fingerprint density at radius 3 is 2.42 bits per heavy atom. The maximum atomic E-state index is 13.2. The summed E-state index contributed by atoms with van der Waals surface area (Å²) in [7, 11) is 0. The number of carbonyl (C=O) groups excluding carboxylic acids is 4. The monoisotopic (exact) mass is 460 g/mol. The van der Waals surface area contributed by atoms with E-state index in [1.54, 1.807) is 36.9 Å². The quantitative estimate of drug-likeness (QED) is 0.664. The number of carbonyl (C=O) groups is 4. The highest BCUT2D eigenvalue weighted by atomic mass is 16.6. The van der Waals surface area contributed by atoms with Crippen LogP contribution in [0.5, 0.6) is 11.5 Å². The number of imide groups is 1. The molecule has 1 aromatic rings. The van der Waals surface area contributed by atoms with E-state index >= 15 is 0 Å². The topological polar surface area (TPSA) is 118 Å². The maximum Gasteiger partial charge on any atom is 0.409 e. The van der Waals surface area contributed by atoms with Crippen LogP contribution in [0, 0.1) is 0 Å². The molecule has 4 rings (SSSR count). The summed E-state index contributed by atoms with van der Waals surface area (Å²) in [5, 5.41) is 2.71. The lowest BCUT2D eigenvalue weighted by Crippen LogP contribution is -2.53. The normalized spacial score (nSPS) is 22.7. The predicted octanol–water partition coefficient (Wildman–Crippen LogP) is 0.916. The van der Waals surface area contributed by atoms with Gasteiger partial charge in [-0.1, -0.05) is 6.07 Å². The van der Waals surface area contributed by atoms with Crippen LogP contribution in [0.15, 0.2) is 18.2 Å². The van der Waals surface area contributed by atoms with Crippen molar-refractivity contribution in [2.24, 2.45) is 0 Å². The van der Waals surface area contributed by atoms with Gasteiger partial charge in [0.1, 0.15) is 12.1 Å². The number of benzene rings is 1. The first-order valence-electron chi connectivity index (χ1n) is 11.1. The number of rotatable bonds is 4. The van der Waals surface area contributed by atoms with E-state index in [0.29, 0.717) is 56.5 Å². The van der Waals surface area contributed by atoms with Crippen molar-refractivity contribution in [1.82, 2.24) is 20.0 Å². The first-order chi connectivity index (χ1) is 15.8. The van der Waals surface area contributed by atoms with Crippen LogP contribution in [0.2, 0.25) is 0 Å². The molecule has 3 heterocycles. The van der Waals surface area contributed by atoms with E-state index in [0.717, 1.165) is 11.3 Å². The highest BCUT2D eigenvalue weighted by Crippen LogP contribution is 2.36. The third-order valence-electron chi connectivity index (χ3n) is 6.05. The molecule has 11 nitrogen and oxygen atoms in total. The Bertz CT molecular complexity index is 960. The van der Waals surface area contributed by atoms with Crippen molar-refractivity contribution in [2.45, 2.75) is 25.8 Å². The van der Waals surface area contributed by atoms with E-state index in [1.165, 1.54) is 4.90 Å². The van der Waals surface area contributed by atoms with E-state index in [1.807, 2.05) is 0 Å². The molecule has 0 bridgehead atoms. The highest BCUT2D eigenvalue weighted by Gasteiger charge is 2.50. The number of piperazine rings is 1. The van der Waals surface area contributed by atoms with Crippen LogP contribution in [0.3, 0.4) is 0 Å². The average Bonchev–Trinajstić information content (AvgIpc) is 2.97. The van der Waals surface area contributed by atoms with Crippen molar-refractivity contribution in [2.75, 3.05) is 52.5 Å². The minimum atomic E-state index is -1.33. The molecule has 5 amide bonds. The Balaban J connectivity index is 1.42. The van der Waals surface area contributed by atoms with E-state index in [2.05, 4.69) is 5.32 Å². The molecule has 3 aliphatic heterocycles. The number of amides is 5.